The lowest BCUT2D eigenvalue weighted by atomic mass is 10.1. The van der Waals surface area contributed by atoms with Gasteiger partial charge in [-0.1, -0.05) is 0 Å². The highest BCUT2D eigenvalue weighted by Gasteiger charge is 2.39. The molecule has 4 atom stereocenters. The molecule has 2 heterocycles. The second-order valence-corrected chi connectivity index (χ2v) is 6.25. The number of hydrogen-bond donors (Lipinski definition) is 0. The van der Waals surface area contributed by atoms with E-state index in [1.54, 1.807) is 12.0 Å². The van der Waals surface area contributed by atoms with Crippen molar-refractivity contribution in [1.82, 2.24) is 9.80 Å². The summed E-state index contributed by atoms with van der Waals surface area (Å²) in [5.74, 6) is -0.0981. The average Bonchev–Trinajstić information content (AvgIpc) is 2.79. The fraction of sp³-hybridized carbons (Fsp3) is 0.867. The van der Waals surface area contributed by atoms with Gasteiger partial charge in [-0.15, -0.1) is 0 Å². The van der Waals surface area contributed by atoms with Crippen molar-refractivity contribution in [2.75, 3.05) is 33.4 Å². The van der Waals surface area contributed by atoms with Crippen LogP contribution in [0.1, 0.15) is 27.2 Å². The smallest absolute Gasteiger partial charge is 0.228 e. The molecule has 0 spiro atoms. The first kappa shape index (κ1) is 16.2. The molecule has 0 radical (unpaired) electrons. The predicted molar refractivity (Wildman–Crippen MR) is 77.7 cm³/mol. The standard InChI is InChI=1S/C15H26N2O4/c1-10(9-20-4)17-8-13(5-14(17)18)15(19)16-6-11(2)21-12(3)7-16/h10-13H,5-9H2,1-4H3/t10-,11-,12-,13+/m0/s1. The molecule has 2 fully saturated rings. The summed E-state index contributed by atoms with van der Waals surface area (Å²) >= 11 is 0. The van der Waals surface area contributed by atoms with Crippen LogP contribution in [0.15, 0.2) is 0 Å². The summed E-state index contributed by atoms with van der Waals surface area (Å²) in [4.78, 5) is 28.3. The fourth-order valence-electron chi connectivity index (χ4n) is 3.27. The normalized spacial score (nSPS) is 31.6. The van der Waals surface area contributed by atoms with Crippen LogP contribution in [-0.4, -0.2) is 73.2 Å². The van der Waals surface area contributed by atoms with Crippen molar-refractivity contribution in [3.05, 3.63) is 0 Å². The first-order chi connectivity index (χ1) is 9.92. The Hall–Kier alpha value is -1.14. The monoisotopic (exact) mass is 298 g/mol. The minimum Gasteiger partial charge on any atom is -0.383 e. The average molecular weight is 298 g/mol. The van der Waals surface area contributed by atoms with E-state index in [-0.39, 0.29) is 36.0 Å². The van der Waals surface area contributed by atoms with E-state index in [9.17, 15) is 9.59 Å². The lowest BCUT2D eigenvalue weighted by Gasteiger charge is -2.36. The second kappa shape index (κ2) is 6.75. The first-order valence-electron chi connectivity index (χ1n) is 7.65. The number of carbonyl (C=O) groups excluding carboxylic acids is 2. The van der Waals surface area contributed by atoms with Gasteiger partial charge in [-0.05, 0) is 20.8 Å². The molecule has 0 aromatic heterocycles. The first-order valence-corrected chi connectivity index (χ1v) is 7.65. The number of likely N-dealkylation sites (tertiary alicyclic amines) is 1. The molecule has 2 rings (SSSR count). The number of hydrogen-bond acceptors (Lipinski definition) is 4. The van der Waals surface area contributed by atoms with Gasteiger partial charge in [-0.2, -0.15) is 0 Å². The summed E-state index contributed by atoms with van der Waals surface area (Å²) in [5, 5.41) is 0. The maximum Gasteiger partial charge on any atom is 0.228 e. The van der Waals surface area contributed by atoms with E-state index in [1.165, 1.54) is 0 Å². The Labute approximate surface area is 126 Å². The largest absolute Gasteiger partial charge is 0.383 e. The Balaban J connectivity index is 1.96. The van der Waals surface area contributed by atoms with Crippen LogP contribution >= 0.6 is 0 Å². The van der Waals surface area contributed by atoms with Crippen LogP contribution in [0.2, 0.25) is 0 Å². The molecule has 0 saturated carbocycles. The number of methoxy groups -OCH3 is 1. The Bertz CT molecular complexity index is 391. The number of carbonyl (C=O) groups is 2. The van der Waals surface area contributed by atoms with Gasteiger partial charge in [0.25, 0.3) is 0 Å². The molecule has 0 aromatic carbocycles. The molecule has 0 aliphatic carbocycles. The van der Waals surface area contributed by atoms with Crippen LogP contribution in [-0.2, 0) is 19.1 Å². The molecular formula is C15H26N2O4. The van der Waals surface area contributed by atoms with Gasteiger partial charge in [-0.3, -0.25) is 9.59 Å². The SMILES string of the molecule is COC[C@H](C)N1C[C@H](C(=O)N2C[C@H](C)O[C@@H](C)C2)CC1=O. The zero-order valence-electron chi connectivity index (χ0n) is 13.4. The molecule has 0 unspecified atom stereocenters. The van der Waals surface area contributed by atoms with Gasteiger partial charge >= 0.3 is 0 Å². The molecule has 2 saturated heterocycles. The van der Waals surface area contributed by atoms with Crippen molar-refractivity contribution in [1.29, 1.82) is 0 Å². The third-order valence-corrected chi connectivity index (χ3v) is 4.18. The van der Waals surface area contributed by atoms with Crippen molar-refractivity contribution < 1.29 is 19.1 Å². The molecule has 2 aliphatic heterocycles. The van der Waals surface area contributed by atoms with E-state index in [4.69, 9.17) is 9.47 Å². The van der Waals surface area contributed by atoms with Crippen LogP contribution in [0.25, 0.3) is 0 Å². The van der Waals surface area contributed by atoms with Crippen LogP contribution in [0.5, 0.6) is 0 Å². The van der Waals surface area contributed by atoms with Gasteiger partial charge in [0.1, 0.15) is 0 Å². The third-order valence-electron chi connectivity index (χ3n) is 4.18. The molecular weight excluding hydrogens is 272 g/mol. The third kappa shape index (κ3) is 3.74. The van der Waals surface area contributed by atoms with Crippen molar-refractivity contribution in [2.45, 2.75) is 45.4 Å². The van der Waals surface area contributed by atoms with Crippen molar-refractivity contribution in [2.24, 2.45) is 5.92 Å². The van der Waals surface area contributed by atoms with Gasteiger partial charge in [0.05, 0.1) is 30.8 Å². The minimum atomic E-state index is -0.227. The van der Waals surface area contributed by atoms with Crippen molar-refractivity contribution in [3.63, 3.8) is 0 Å². The Kier molecular flexibility index (Phi) is 5.22. The number of morpholine rings is 1. The molecule has 0 aromatic rings. The van der Waals surface area contributed by atoms with E-state index < -0.39 is 0 Å². The molecule has 21 heavy (non-hydrogen) atoms. The zero-order valence-corrected chi connectivity index (χ0v) is 13.4. The van der Waals surface area contributed by atoms with Gasteiger partial charge in [-0.25, -0.2) is 0 Å². The number of nitrogens with zero attached hydrogens (tertiary/aromatic N) is 2. The summed E-state index contributed by atoms with van der Waals surface area (Å²) in [7, 11) is 1.62. The topological polar surface area (TPSA) is 59.1 Å². The quantitative estimate of drug-likeness (QED) is 0.758. The van der Waals surface area contributed by atoms with Crippen molar-refractivity contribution >= 4 is 11.8 Å². The Morgan fingerprint density at radius 3 is 2.52 bits per heavy atom. The minimum absolute atomic E-state index is 0.0165. The number of rotatable bonds is 4. The van der Waals surface area contributed by atoms with Gasteiger partial charge in [0, 0.05) is 33.2 Å². The summed E-state index contributed by atoms with van der Waals surface area (Å²) in [6.45, 7) is 8.13. The molecule has 6 heteroatoms. The second-order valence-electron chi connectivity index (χ2n) is 6.25. The van der Waals surface area contributed by atoms with Gasteiger partial charge < -0.3 is 19.3 Å². The van der Waals surface area contributed by atoms with Crippen LogP contribution in [0.4, 0.5) is 0 Å². The summed E-state index contributed by atoms with van der Waals surface area (Å²) in [5.41, 5.74) is 0. The lowest BCUT2D eigenvalue weighted by Crippen LogP contribution is -2.50. The van der Waals surface area contributed by atoms with Crippen LogP contribution in [0, 0.1) is 5.92 Å². The summed E-state index contributed by atoms with van der Waals surface area (Å²) in [6, 6.07) is 0.0165. The van der Waals surface area contributed by atoms with E-state index in [0.717, 1.165) is 0 Å². The highest BCUT2D eigenvalue weighted by Crippen LogP contribution is 2.24. The van der Waals surface area contributed by atoms with E-state index in [2.05, 4.69) is 0 Å². The van der Waals surface area contributed by atoms with E-state index in [0.29, 0.717) is 32.7 Å². The van der Waals surface area contributed by atoms with E-state index in [1.807, 2.05) is 25.7 Å². The Morgan fingerprint density at radius 1 is 1.33 bits per heavy atom. The fourth-order valence-corrected chi connectivity index (χ4v) is 3.27. The predicted octanol–water partition coefficient (Wildman–Crippen LogP) is 0.506. The van der Waals surface area contributed by atoms with E-state index >= 15 is 0 Å². The van der Waals surface area contributed by atoms with Crippen molar-refractivity contribution in [3.8, 4) is 0 Å². The summed E-state index contributed by atoms with van der Waals surface area (Å²) in [6.07, 6.45) is 0.421. The number of ether oxygens (including phenoxy) is 2. The molecule has 2 amide bonds. The molecule has 120 valence electrons. The van der Waals surface area contributed by atoms with Gasteiger partial charge in [0.2, 0.25) is 11.8 Å². The van der Waals surface area contributed by atoms with Gasteiger partial charge in [0.15, 0.2) is 0 Å². The maximum atomic E-state index is 12.6. The number of amides is 2. The lowest BCUT2D eigenvalue weighted by molar-refractivity contribution is -0.147. The highest BCUT2D eigenvalue weighted by atomic mass is 16.5. The maximum absolute atomic E-state index is 12.6. The molecule has 0 N–H and O–H groups in total. The zero-order chi connectivity index (χ0) is 15.6. The highest BCUT2D eigenvalue weighted by molar-refractivity contribution is 5.89. The van der Waals surface area contributed by atoms with Crippen LogP contribution in [0.3, 0.4) is 0 Å². The molecule has 2 aliphatic rings. The summed E-state index contributed by atoms with van der Waals surface area (Å²) < 4.78 is 10.8. The molecule has 0 bridgehead atoms. The van der Waals surface area contributed by atoms with Crippen LogP contribution < -0.4 is 0 Å². The Morgan fingerprint density at radius 2 is 1.95 bits per heavy atom. The molecule has 6 nitrogen and oxygen atoms in total.